The van der Waals surface area contributed by atoms with E-state index in [9.17, 15) is 14.7 Å². The lowest BCUT2D eigenvalue weighted by atomic mass is 9.84. The molecule has 0 aliphatic carbocycles. The van der Waals surface area contributed by atoms with Gasteiger partial charge in [0.25, 0.3) is 0 Å². The van der Waals surface area contributed by atoms with E-state index in [0.717, 1.165) is 0 Å². The van der Waals surface area contributed by atoms with Gasteiger partial charge in [0.2, 0.25) is 5.91 Å². The van der Waals surface area contributed by atoms with E-state index in [1.807, 2.05) is 41.5 Å². The fourth-order valence-electron chi connectivity index (χ4n) is 1.71. The molecule has 0 fully saturated rings. The average molecular weight is 272 g/mol. The Labute approximate surface area is 116 Å². The van der Waals surface area contributed by atoms with Crippen molar-refractivity contribution in [2.24, 2.45) is 16.6 Å². The van der Waals surface area contributed by atoms with E-state index in [1.54, 1.807) is 0 Å². The largest absolute Gasteiger partial charge is 0.480 e. The maximum atomic E-state index is 12.3. The highest BCUT2D eigenvalue weighted by atomic mass is 16.4. The molecule has 0 bridgehead atoms. The van der Waals surface area contributed by atoms with E-state index < -0.39 is 23.5 Å². The van der Waals surface area contributed by atoms with Gasteiger partial charge in [-0.05, 0) is 17.3 Å². The minimum atomic E-state index is -0.994. The minimum Gasteiger partial charge on any atom is -0.480 e. The number of nitrogens with zero attached hydrogens (tertiary/aromatic N) is 1. The van der Waals surface area contributed by atoms with Crippen molar-refractivity contribution in [2.45, 2.75) is 60.0 Å². The first-order valence-electron chi connectivity index (χ1n) is 6.52. The molecule has 0 rings (SSSR count). The molecule has 0 radical (unpaired) electrons. The predicted molar refractivity (Wildman–Crippen MR) is 75.7 cm³/mol. The van der Waals surface area contributed by atoms with Crippen molar-refractivity contribution in [3.8, 4) is 0 Å². The average Bonchev–Trinajstić information content (AvgIpc) is 2.19. The van der Waals surface area contributed by atoms with Crippen molar-refractivity contribution in [3.05, 3.63) is 0 Å². The summed E-state index contributed by atoms with van der Waals surface area (Å²) in [5.74, 6) is -1.32. The fourth-order valence-corrected chi connectivity index (χ4v) is 1.71. The number of hydrogen-bond donors (Lipinski definition) is 2. The first-order valence-corrected chi connectivity index (χ1v) is 6.52. The molecule has 1 amide bonds. The van der Waals surface area contributed by atoms with Gasteiger partial charge in [-0.2, -0.15) is 0 Å². The third kappa shape index (κ3) is 5.59. The molecular formula is C14H28N2O3. The Hall–Kier alpha value is -1.10. The summed E-state index contributed by atoms with van der Waals surface area (Å²) in [4.78, 5) is 24.9. The van der Waals surface area contributed by atoms with E-state index in [2.05, 4.69) is 0 Å². The molecule has 0 spiro atoms. The quantitative estimate of drug-likeness (QED) is 0.816. The maximum absolute atomic E-state index is 12.3. The third-order valence-electron chi connectivity index (χ3n) is 3.10. The van der Waals surface area contributed by atoms with Crippen LogP contribution in [0.1, 0.15) is 48.0 Å². The molecule has 0 aromatic carbocycles. The number of carboxylic acids is 1. The molecule has 0 aliphatic heterocycles. The van der Waals surface area contributed by atoms with Gasteiger partial charge in [-0.15, -0.1) is 0 Å². The zero-order valence-electron chi connectivity index (χ0n) is 13.2. The first-order chi connectivity index (χ1) is 8.27. The molecule has 0 aromatic rings. The summed E-state index contributed by atoms with van der Waals surface area (Å²) in [6.07, 6.45) is 0.390. The Kier molecular flexibility index (Phi) is 5.56. The fraction of sp³-hybridized carbons (Fsp3) is 0.857. The highest BCUT2D eigenvalue weighted by Crippen LogP contribution is 2.25. The molecule has 5 nitrogen and oxygen atoms in total. The van der Waals surface area contributed by atoms with Gasteiger partial charge in [0.15, 0.2) is 0 Å². The number of hydrogen-bond acceptors (Lipinski definition) is 3. The van der Waals surface area contributed by atoms with Crippen LogP contribution < -0.4 is 5.73 Å². The molecule has 5 heteroatoms. The van der Waals surface area contributed by atoms with Crippen molar-refractivity contribution in [1.82, 2.24) is 4.90 Å². The zero-order chi connectivity index (χ0) is 15.6. The van der Waals surface area contributed by atoms with E-state index >= 15 is 0 Å². The summed E-state index contributed by atoms with van der Waals surface area (Å²) in [7, 11) is 1.51. The van der Waals surface area contributed by atoms with Crippen LogP contribution in [0.2, 0.25) is 0 Å². The molecule has 112 valence electrons. The predicted octanol–water partition coefficient (Wildman–Crippen LogP) is 1.71. The van der Waals surface area contributed by atoms with Gasteiger partial charge in [-0.25, -0.2) is 4.79 Å². The molecule has 2 atom stereocenters. The van der Waals surface area contributed by atoms with Crippen molar-refractivity contribution < 1.29 is 14.7 Å². The molecule has 3 N–H and O–H groups in total. The Morgan fingerprint density at radius 3 is 1.84 bits per heavy atom. The van der Waals surface area contributed by atoms with Gasteiger partial charge in [-0.1, -0.05) is 41.5 Å². The van der Waals surface area contributed by atoms with E-state index in [-0.39, 0.29) is 11.3 Å². The molecule has 0 saturated carbocycles. The summed E-state index contributed by atoms with van der Waals surface area (Å²) in [6.45, 7) is 11.4. The lowest BCUT2D eigenvalue weighted by Crippen LogP contribution is -2.54. The number of nitrogens with two attached hydrogens (primary N) is 1. The maximum Gasteiger partial charge on any atom is 0.326 e. The van der Waals surface area contributed by atoms with Crippen LogP contribution >= 0.6 is 0 Å². The summed E-state index contributed by atoms with van der Waals surface area (Å²) in [5.41, 5.74) is 5.34. The number of likely N-dealkylation sites (N-methyl/N-ethyl adjacent to an activating group) is 1. The molecule has 19 heavy (non-hydrogen) atoms. The summed E-state index contributed by atoms with van der Waals surface area (Å²) in [6, 6.07) is -1.56. The molecule has 0 aliphatic rings. The summed E-state index contributed by atoms with van der Waals surface area (Å²) in [5, 5.41) is 9.31. The summed E-state index contributed by atoms with van der Waals surface area (Å²) < 4.78 is 0. The van der Waals surface area contributed by atoms with Gasteiger partial charge in [0, 0.05) is 7.05 Å². The highest BCUT2D eigenvalue weighted by Gasteiger charge is 2.36. The Balaban J connectivity index is 5.07. The lowest BCUT2D eigenvalue weighted by molar-refractivity contribution is -0.151. The topological polar surface area (TPSA) is 83.6 Å². The molecule has 0 saturated heterocycles. The normalized spacial score (nSPS) is 15.8. The third-order valence-corrected chi connectivity index (χ3v) is 3.10. The second-order valence-electron chi connectivity index (χ2n) is 7.41. The van der Waals surface area contributed by atoms with Crippen molar-refractivity contribution in [3.63, 3.8) is 0 Å². The number of carboxylic acid groups (broad SMARTS) is 1. The number of amides is 1. The Morgan fingerprint density at radius 1 is 1.16 bits per heavy atom. The molecule has 0 heterocycles. The van der Waals surface area contributed by atoms with Crippen LogP contribution in [-0.2, 0) is 9.59 Å². The SMILES string of the molecule is CN(C(=O)[C@@H](N)C(C)(C)C)[C@@H](CC(C)(C)C)C(=O)O. The number of carbonyl (C=O) groups excluding carboxylic acids is 1. The van der Waals surface area contributed by atoms with Crippen LogP contribution in [-0.4, -0.2) is 41.0 Å². The summed E-state index contributed by atoms with van der Waals surface area (Å²) >= 11 is 0. The zero-order valence-corrected chi connectivity index (χ0v) is 13.2. The van der Waals surface area contributed by atoms with Crippen LogP contribution in [0, 0.1) is 10.8 Å². The van der Waals surface area contributed by atoms with Crippen molar-refractivity contribution in [2.75, 3.05) is 7.05 Å². The van der Waals surface area contributed by atoms with Crippen LogP contribution in [0.15, 0.2) is 0 Å². The standard InChI is InChI=1S/C14H28N2O3/c1-13(2,3)8-9(12(18)19)16(7)11(17)10(15)14(4,5)6/h9-10H,8,15H2,1-7H3,(H,18,19)/t9-,10+/m0/s1. The van der Waals surface area contributed by atoms with Gasteiger partial charge in [0.05, 0.1) is 6.04 Å². The Morgan fingerprint density at radius 2 is 1.58 bits per heavy atom. The highest BCUT2D eigenvalue weighted by molar-refractivity contribution is 5.87. The first kappa shape index (κ1) is 17.9. The molecule has 0 unspecified atom stereocenters. The minimum absolute atomic E-state index is 0.177. The van der Waals surface area contributed by atoms with Crippen molar-refractivity contribution >= 4 is 11.9 Å². The number of carbonyl (C=O) groups is 2. The van der Waals surface area contributed by atoms with Gasteiger partial charge in [-0.3, -0.25) is 4.79 Å². The van der Waals surface area contributed by atoms with Crippen LogP contribution in [0.5, 0.6) is 0 Å². The van der Waals surface area contributed by atoms with E-state index in [0.29, 0.717) is 6.42 Å². The number of aliphatic carboxylic acids is 1. The second kappa shape index (κ2) is 5.90. The van der Waals surface area contributed by atoms with Gasteiger partial charge in [0.1, 0.15) is 6.04 Å². The van der Waals surface area contributed by atoms with Gasteiger partial charge >= 0.3 is 5.97 Å². The Bertz CT molecular complexity index is 340. The van der Waals surface area contributed by atoms with E-state index in [1.165, 1.54) is 11.9 Å². The monoisotopic (exact) mass is 272 g/mol. The number of rotatable bonds is 4. The van der Waals surface area contributed by atoms with Crippen LogP contribution in [0.4, 0.5) is 0 Å². The molecular weight excluding hydrogens is 244 g/mol. The van der Waals surface area contributed by atoms with Crippen LogP contribution in [0.25, 0.3) is 0 Å². The lowest BCUT2D eigenvalue weighted by Gasteiger charge is -2.35. The van der Waals surface area contributed by atoms with Gasteiger partial charge < -0.3 is 15.7 Å². The van der Waals surface area contributed by atoms with Crippen molar-refractivity contribution in [1.29, 1.82) is 0 Å². The smallest absolute Gasteiger partial charge is 0.326 e. The van der Waals surface area contributed by atoms with Crippen LogP contribution in [0.3, 0.4) is 0 Å². The van der Waals surface area contributed by atoms with E-state index in [4.69, 9.17) is 5.73 Å². The molecule has 0 aromatic heterocycles. The second-order valence-corrected chi connectivity index (χ2v) is 7.41.